The molecule has 0 bridgehead atoms. The lowest BCUT2D eigenvalue weighted by Gasteiger charge is -2.17. The van der Waals surface area contributed by atoms with Crippen molar-refractivity contribution in [3.05, 3.63) is 170 Å². The summed E-state index contributed by atoms with van der Waals surface area (Å²) in [6, 6.07) is 61.4. The van der Waals surface area contributed by atoms with Crippen LogP contribution < -0.4 is 0 Å². The fourth-order valence-electron chi connectivity index (χ4n) is 7.81. The highest BCUT2D eigenvalue weighted by molar-refractivity contribution is 6.24. The molecule has 10 rings (SSSR count). The van der Waals surface area contributed by atoms with E-state index >= 15 is 0 Å². The second-order valence-electron chi connectivity index (χ2n) is 12.4. The van der Waals surface area contributed by atoms with Gasteiger partial charge in [-0.3, -0.25) is 0 Å². The number of hydrogen-bond donors (Lipinski definition) is 0. The summed E-state index contributed by atoms with van der Waals surface area (Å²) in [5.74, 6) is 0. The maximum Gasteiger partial charge on any atom is 0.143 e. The van der Waals surface area contributed by atoms with Gasteiger partial charge in [-0.1, -0.05) is 152 Å². The average Bonchev–Trinajstić information content (AvgIpc) is 3.51. The number of para-hydroxylation sites is 1. The second-order valence-corrected chi connectivity index (χ2v) is 12.4. The first-order valence-electron chi connectivity index (χ1n) is 16.2. The second kappa shape index (κ2) is 10.2. The summed E-state index contributed by atoms with van der Waals surface area (Å²) in [4.78, 5) is 0. The smallest absolute Gasteiger partial charge is 0.143 e. The molecule has 1 heteroatoms. The Morgan fingerprint density at radius 2 is 0.809 bits per heavy atom. The fourth-order valence-corrected chi connectivity index (χ4v) is 7.81. The molecule has 47 heavy (non-hydrogen) atoms. The summed E-state index contributed by atoms with van der Waals surface area (Å²) in [5.41, 5.74) is 9.09. The van der Waals surface area contributed by atoms with Crippen LogP contribution in [0.25, 0.3) is 98.4 Å². The van der Waals surface area contributed by atoms with E-state index in [4.69, 9.17) is 4.42 Å². The summed E-state index contributed by atoms with van der Waals surface area (Å²) < 4.78 is 6.82. The largest absolute Gasteiger partial charge is 0.455 e. The first kappa shape index (κ1) is 26.1. The molecule has 1 nitrogen and oxygen atoms in total. The molecule has 10 aromatic rings. The molecule has 0 saturated carbocycles. The predicted octanol–water partition coefficient (Wildman–Crippen LogP) is 13.2. The van der Waals surface area contributed by atoms with Gasteiger partial charge in [0.2, 0.25) is 0 Å². The topological polar surface area (TPSA) is 13.1 Å². The third-order valence-electron chi connectivity index (χ3n) is 9.82. The molecule has 0 aliphatic heterocycles. The molecule has 0 fully saturated rings. The lowest BCUT2D eigenvalue weighted by atomic mass is 9.85. The summed E-state index contributed by atoms with van der Waals surface area (Å²) in [6.45, 7) is 0. The quantitative estimate of drug-likeness (QED) is 0.185. The zero-order valence-electron chi connectivity index (χ0n) is 25.6. The molecule has 0 N–H and O–H groups in total. The minimum absolute atomic E-state index is 0.898. The van der Waals surface area contributed by atoms with E-state index in [0.717, 1.165) is 27.5 Å². The van der Waals surface area contributed by atoms with Crippen LogP contribution in [-0.2, 0) is 0 Å². The molecule has 218 valence electrons. The Bertz CT molecular complexity index is 2730. The Balaban J connectivity index is 1.27. The van der Waals surface area contributed by atoms with Crippen LogP contribution in [-0.4, -0.2) is 0 Å². The van der Waals surface area contributed by atoms with E-state index in [1.807, 2.05) is 0 Å². The van der Waals surface area contributed by atoms with Gasteiger partial charge in [-0.15, -0.1) is 0 Å². The Labute approximate surface area is 271 Å². The molecule has 0 amide bonds. The van der Waals surface area contributed by atoms with E-state index < -0.39 is 0 Å². The molecule has 0 radical (unpaired) electrons. The third kappa shape index (κ3) is 3.90. The van der Waals surface area contributed by atoms with Gasteiger partial charge in [0.25, 0.3) is 0 Å². The van der Waals surface area contributed by atoms with E-state index in [1.54, 1.807) is 0 Å². The first-order chi connectivity index (χ1) is 23.3. The Hall–Kier alpha value is -6.18. The molecule has 0 saturated heterocycles. The van der Waals surface area contributed by atoms with Gasteiger partial charge in [-0.2, -0.15) is 0 Å². The molecule has 9 aromatic carbocycles. The lowest BCUT2D eigenvalue weighted by molar-refractivity contribution is 0.670. The molecule has 1 heterocycles. The summed E-state index contributed by atoms with van der Waals surface area (Å²) >= 11 is 0. The van der Waals surface area contributed by atoms with Crippen LogP contribution >= 0.6 is 0 Å². The van der Waals surface area contributed by atoms with Crippen molar-refractivity contribution >= 4 is 65.0 Å². The summed E-state index contributed by atoms with van der Waals surface area (Å²) in [6.07, 6.45) is 0. The average molecular weight is 597 g/mol. The van der Waals surface area contributed by atoms with Crippen molar-refractivity contribution in [2.75, 3.05) is 0 Å². The Kier molecular flexibility index (Phi) is 5.64. The normalized spacial score (nSPS) is 11.8. The van der Waals surface area contributed by atoms with E-state index in [9.17, 15) is 0 Å². The number of rotatable bonds is 3. The SMILES string of the molecule is c1ccc(-c2c3ccccc3c(-c3cccc4c3oc3ccc(-c5c6ccccc6cc6ccccc56)cc34)c3ccccc23)cc1. The van der Waals surface area contributed by atoms with Crippen LogP contribution in [0.15, 0.2) is 174 Å². The van der Waals surface area contributed by atoms with Crippen LogP contribution in [0.1, 0.15) is 0 Å². The molecule has 1 aromatic heterocycles. The number of fused-ring (bicyclic) bond motifs is 7. The van der Waals surface area contributed by atoms with Gasteiger partial charge >= 0.3 is 0 Å². The van der Waals surface area contributed by atoms with Crippen molar-refractivity contribution in [2.24, 2.45) is 0 Å². The number of hydrogen-bond acceptors (Lipinski definition) is 1. The molecule has 0 spiro atoms. The van der Waals surface area contributed by atoms with Crippen molar-refractivity contribution in [2.45, 2.75) is 0 Å². The molecule has 0 aliphatic carbocycles. The zero-order valence-corrected chi connectivity index (χ0v) is 25.6. The number of furan rings is 1. The maximum absolute atomic E-state index is 6.82. The van der Waals surface area contributed by atoms with Gasteiger partial charge in [0.15, 0.2) is 0 Å². The number of benzene rings is 9. The standard InChI is InChI=1S/C46H28O/c1-2-13-29(14-3-1)43-35-19-8-10-21-37(35)45(38-22-11-9-20-36(38)43)40-24-12-23-39-41-28-32(25-26-42(41)47-46(39)40)44-33-17-6-4-15-30(33)27-31-16-5-7-18-34(31)44/h1-28H. The van der Waals surface area contributed by atoms with Gasteiger partial charge in [-0.05, 0) is 83.5 Å². The van der Waals surface area contributed by atoms with Crippen molar-refractivity contribution in [1.29, 1.82) is 0 Å². The Morgan fingerprint density at radius 1 is 0.298 bits per heavy atom. The molecule has 0 unspecified atom stereocenters. The van der Waals surface area contributed by atoms with E-state index in [-0.39, 0.29) is 0 Å². The molecule has 0 atom stereocenters. The molecular formula is C46H28O. The van der Waals surface area contributed by atoms with Crippen LogP contribution in [0.3, 0.4) is 0 Å². The van der Waals surface area contributed by atoms with Crippen molar-refractivity contribution in [1.82, 2.24) is 0 Å². The van der Waals surface area contributed by atoms with Crippen LogP contribution in [0.4, 0.5) is 0 Å². The minimum atomic E-state index is 0.898. The van der Waals surface area contributed by atoms with Crippen LogP contribution in [0, 0.1) is 0 Å². The molecule has 0 aliphatic rings. The van der Waals surface area contributed by atoms with Gasteiger partial charge in [0.05, 0.1) is 0 Å². The lowest BCUT2D eigenvalue weighted by Crippen LogP contribution is -1.90. The third-order valence-corrected chi connectivity index (χ3v) is 9.82. The highest BCUT2D eigenvalue weighted by atomic mass is 16.3. The Morgan fingerprint density at radius 3 is 1.45 bits per heavy atom. The van der Waals surface area contributed by atoms with Gasteiger partial charge in [0.1, 0.15) is 11.2 Å². The summed E-state index contributed by atoms with van der Waals surface area (Å²) in [7, 11) is 0. The monoisotopic (exact) mass is 596 g/mol. The zero-order chi connectivity index (χ0) is 30.9. The van der Waals surface area contributed by atoms with E-state index in [2.05, 4.69) is 170 Å². The maximum atomic E-state index is 6.82. The fraction of sp³-hybridized carbons (Fsp3) is 0. The van der Waals surface area contributed by atoms with Gasteiger partial charge < -0.3 is 4.42 Å². The van der Waals surface area contributed by atoms with Gasteiger partial charge in [0, 0.05) is 21.9 Å². The van der Waals surface area contributed by atoms with Crippen molar-refractivity contribution in [3.63, 3.8) is 0 Å². The molecular weight excluding hydrogens is 569 g/mol. The predicted molar refractivity (Wildman–Crippen MR) is 200 cm³/mol. The van der Waals surface area contributed by atoms with Gasteiger partial charge in [-0.25, -0.2) is 0 Å². The highest BCUT2D eigenvalue weighted by Crippen LogP contribution is 2.47. The van der Waals surface area contributed by atoms with E-state index in [1.165, 1.54) is 70.9 Å². The minimum Gasteiger partial charge on any atom is -0.455 e. The van der Waals surface area contributed by atoms with Crippen molar-refractivity contribution < 1.29 is 4.42 Å². The van der Waals surface area contributed by atoms with E-state index in [0.29, 0.717) is 0 Å². The van der Waals surface area contributed by atoms with Crippen LogP contribution in [0.5, 0.6) is 0 Å². The van der Waals surface area contributed by atoms with Crippen molar-refractivity contribution in [3.8, 4) is 33.4 Å². The summed E-state index contributed by atoms with van der Waals surface area (Å²) in [5, 5.41) is 12.2. The first-order valence-corrected chi connectivity index (χ1v) is 16.2. The highest BCUT2D eigenvalue weighted by Gasteiger charge is 2.20. The van der Waals surface area contributed by atoms with Crippen LogP contribution in [0.2, 0.25) is 0 Å².